The van der Waals surface area contributed by atoms with E-state index in [1.165, 1.54) is 24.3 Å². The molecule has 0 aliphatic carbocycles. The monoisotopic (exact) mass is 483 g/mol. The van der Waals surface area contributed by atoms with E-state index in [0.717, 1.165) is 11.8 Å². The van der Waals surface area contributed by atoms with Crippen LogP contribution in [0, 0.1) is 0 Å². The van der Waals surface area contributed by atoms with Crippen LogP contribution in [-0.4, -0.2) is 31.2 Å². The summed E-state index contributed by atoms with van der Waals surface area (Å²) < 4.78 is 28.5. The summed E-state index contributed by atoms with van der Waals surface area (Å²) in [5, 5.41) is 10.6. The molecule has 1 heterocycles. The van der Waals surface area contributed by atoms with Crippen molar-refractivity contribution in [1.29, 1.82) is 0 Å². The van der Waals surface area contributed by atoms with Crippen molar-refractivity contribution in [3.63, 3.8) is 0 Å². The summed E-state index contributed by atoms with van der Waals surface area (Å²) >= 11 is 12.1. The van der Waals surface area contributed by atoms with Gasteiger partial charge in [-0.25, -0.2) is 13.6 Å². The predicted octanol–water partition coefficient (Wildman–Crippen LogP) is 2.49. The number of halogens is 1. The average Bonchev–Trinajstić information content (AvgIpc) is 2.97. The third-order valence-electron chi connectivity index (χ3n) is 3.73. The maximum Gasteiger partial charge on any atom is 0.263 e. The molecule has 2 aromatic rings. The summed E-state index contributed by atoms with van der Waals surface area (Å²) in [6.07, 6.45) is 1.57. The number of hydrogen-bond donors (Lipinski definition) is 3. The molecule has 156 valence electrons. The number of nitrogens with two attached hydrogens (primary N) is 1. The van der Waals surface area contributed by atoms with Crippen LogP contribution < -0.4 is 20.5 Å². The molecule has 30 heavy (non-hydrogen) atoms. The number of carbonyl (C=O) groups excluding carboxylic acids is 2. The van der Waals surface area contributed by atoms with Gasteiger partial charge in [0.25, 0.3) is 11.8 Å². The second-order valence-electron chi connectivity index (χ2n) is 5.94. The van der Waals surface area contributed by atoms with Crippen LogP contribution in [0.15, 0.2) is 52.3 Å². The van der Waals surface area contributed by atoms with E-state index in [2.05, 4.69) is 10.6 Å². The molecule has 0 spiro atoms. The second kappa shape index (κ2) is 9.14. The lowest BCUT2D eigenvalue weighted by molar-refractivity contribution is -0.118. The van der Waals surface area contributed by atoms with Crippen LogP contribution in [0.1, 0.15) is 5.56 Å². The van der Waals surface area contributed by atoms with Crippen LogP contribution in [0.2, 0.25) is 5.02 Å². The molecule has 0 radical (unpaired) electrons. The number of thiocarbonyl (C=S) groups is 1. The lowest BCUT2D eigenvalue weighted by Gasteiger charge is -2.11. The van der Waals surface area contributed by atoms with E-state index < -0.39 is 15.9 Å². The number of ether oxygens (including phenoxy) is 1. The summed E-state index contributed by atoms with van der Waals surface area (Å²) in [6, 6.07) is 10.2. The molecule has 8 nitrogen and oxygen atoms in total. The number of sulfonamides is 1. The minimum atomic E-state index is -3.81. The number of nitrogens with one attached hydrogen (secondary N) is 2. The van der Waals surface area contributed by atoms with Gasteiger partial charge in [-0.05, 0) is 48.5 Å². The molecule has 0 atom stereocenters. The molecule has 12 heteroatoms. The van der Waals surface area contributed by atoms with Gasteiger partial charge in [0.15, 0.2) is 6.61 Å². The fourth-order valence-corrected chi connectivity index (χ4v) is 4.13. The molecule has 1 aliphatic heterocycles. The lowest BCUT2D eigenvalue weighted by atomic mass is 10.2. The zero-order chi connectivity index (χ0) is 21.9. The van der Waals surface area contributed by atoms with Crippen LogP contribution >= 0.6 is 35.6 Å². The van der Waals surface area contributed by atoms with Crippen LogP contribution in [0.3, 0.4) is 0 Å². The first-order valence-electron chi connectivity index (χ1n) is 8.22. The molecule has 0 bridgehead atoms. The van der Waals surface area contributed by atoms with Gasteiger partial charge in [-0.3, -0.25) is 9.59 Å². The fraction of sp³-hybridized carbons (Fsp3) is 0.0556. The number of primary sulfonamides is 1. The average molecular weight is 484 g/mol. The molecule has 4 N–H and O–H groups in total. The fourth-order valence-electron chi connectivity index (χ4n) is 2.39. The Labute approximate surface area is 186 Å². The van der Waals surface area contributed by atoms with Gasteiger partial charge in [0, 0.05) is 16.3 Å². The highest BCUT2D eigenvalue weighted by Gasteiger charge is 2.22. The highest BCUT2D eigenvalue weighted by atomic mass is 35.5. The zero-order valence-electron chi connectivity index (χ0n) is 15.0. The lowest BCUT2D eigenvalue weighted by Crippen LogP contribution is -2.20. The number of amides is 2. The number of anilines is 1. The molecule has 2 amide bonds. The van der Waals surface area contributed by atoms with Crippen molar-refractivity contribution < 1.29 is 22.7 Å². The standard InChI is InChI=1S/C18H14ClN3O5S3/c19-11-1-6-14(10(7-11)8-15-17(24)22-18(28)29-15)27-9-16(23)21-12-2-4-13(5-3-12)30(20,25)26/h1-8H,9H2,(H,21,23)(H2,20,25,26)(H,22,24,28)/b15-8-. The molecule has 0 unspecified atom stereocenters. The van der Waals surface area contributed by atoms with E-state index in [1.54, 1.807) is 24.3 Å². The Morgan fingerprint density at radius 1 is 1.27 bits per heavy atom. The Morgan fingerprint density at radius 3 is 2.57 bits per heavy atom. The predicted molar refractivity (Wildman–Crippen MR) is 120 cm³/mol. The number of rotatable bonds is 6. The summed E-state index contributed by atoms with van der Waals surface area (Å²) in [5.41, 5.74) is 0.886. The van der Waals surface area contributed by atoms with Crippen molar-refractivity contribution in [2.24, 2.45) is 5.14 Å². The van der Waals surface area contributed by atoms with Gasteiger partial charge in [0.2, 0.25) is 10.0 Å². The first-order valence-corrected chi connectivity index (χ1v) is 11.4. The van der Waals surface area contributed by atoms with E-state index in [1.807, 2.05) is 0 Å². The Hall–Kier alpha value is -2.44. The minimum absolute atomic E-state index is 0.0658. The van der Waals surface area contributed by atoms with Gasteiger partial charge in [0.1, 0.15) is 10.1 Å². The highest BCUT2D eigenvalue weighted by molar-refractivity contribution is 8.26. The molecule has 0 saturated carbocycles. The van der Waals surface area contributed by atoms with E-state index in [9.17, 15) is 18.0 Å². The summed E-state index contributed by atoms with van der Waals surface area (Å²) in [4.78, 5) is 24.4. The van der Waals surface area contributed by atoms with Gasteiger partial charge in [0.05, 0.1) is 9.80 Å². The van der Waals surface area contributed by atoms with Crippen molar-refractivity contribution >= 4 is 73.5 Å². The largest absolute Gasteiger partial charge is 0.483 e. The minimum Gasteiger partial charge on any atom is -0.483 e. The van der Waals surface area contributed by atoms with Crippen molar-refractivity contribution in [3.8, 4) is 5.75 Å². The molecule has 0 aromatic heterocycles. The van der Waals surface area contributed by atoms with E-state index in [-0.39, 0.29) is 17.4 Å². The Balaban J connectivity index is 1.68. The quantitative estimate of drug-likeness (QED) is 0.425. The van der Waals surface area contributed by atoms with Gasteiger partial charge >= 0.3 is 0 Å². The molecular weight excluding hydrogens is 470 g/mol. The zero-order valence-corrected chi connectivity index (χ0v) is 18.3. The number of hydrogen-bond acceptors (Lipinski definition) is 7. The van der Waals surface area contributed by atoms with Crippen molar-refractivity contribution in [1.82, 2.24) is 5.32 Å². The SMILES string of the molecule is NS(=O)(=O)c1ccc(NC(=O)COc2ccc(Cl)cc2/C=C2\SC(=S)NC2=O)cc1. The van der Waals surface area contributed by atoms with Crippen LogP contribution in [0.4, 0.5) is 5.69 Å². The Bertz CT molecular complexity index is 1160. The number of thioether (sulfide) groups is 1. The normalized spacial score (nSPS) is 15.2. The van der Waals surface area contributed by atoms with Crippen molar-refractivity contribution in [2.45, 2.75) is 4.90 Å². The smallest absolute Gasteiger partial charge is 0.263 e. The summed E-state index contributed by atoms with van der Waals surface area (Å²) in [5.74, 6) is -0.449. The molecule has 1 saturated heterocycles. The van der Waals surface area contributed by atoms with Crippen LogP contribution in [0.25, 0.3) is 6.08 Å². The number of carbonyl (C=O) groups is 2. The summed E-state index contributed by atoms with van der Waals surface area (Å²) in [6.45, 7) is -0.327. The molecule has 1 fully saturated rings. The first kappa shape index (κ1) is 22.2. The van der Waals surface area contributed by atoms with Crippen molar-refractivity contribution in [3.05, 3.63) is 58.0 Å². The van der Waals surface area contributed by atoms with Crippen molar-refractivity contribution in [2.75, 3.05) is 11.9 Å². The van der Waals surface area contributed by atoms with Gasteiger partial charge < -0.3 is 15.4 Å². The second-order valence-corrected chi connectivity index (χ2v) is 9.66. The van der Waals surface area contributed by atoms with Crippen LogP contribution in [0.5, 0.6) is 5.75 Å². The summed E-state index contributed by atoms with van der Waals surface area (Å²) in [7, 11) is -3.81. The molecule has 3 rings (SSSR count). The Morgan fingerprint density at radius 2 is 1.97 bits per heavy atom. The maximum absolute atomic E-state index is 12.2. The van der Waals surface area contributed by atoms with Crippen LogP contribution in [-0.2, 0) is 19.6 Å². The Kier molecular flexibility index (Phi) is 6.78. The maximum atomic E-state index is 12.2. The van der Waals surface area contributed by atoms with Gasteiger partial charge in [-0.15, -0.1) is 0 Å². The topological polar surface area (TPSA) is 128 Å². The van der Waals surface area contributed by atoms with Gasteiger partial charge in [-0.1, -0.05) is 35.6 Å². The van der Waals surface area contributed by atoms with E-state index >= 15 is 0 Å². The van der Waals surface area contributed by atoms with E-state index in [4.69, 9.17) is 33.7 Å². The molecule has 2 aromatic carbocycles. The van der Waals surface area contributed by atoms with E-state index in [0.29, 0.717) is 31.2 Å². The molecule has 1 aliphatic rings. The van der Waals surface area contributed by atoms with Gasteiger partial charge in [-0.2, -0.15) is 0 Å². The number of benzene rings is 2. The highest BCUT2D eigenvalue weighted by Crippen LogP contribution is 2.31. The third kappa shape index (κ3) is 5.80. The first-order chi connectivity index (χ1) is 14.1. The molecular formula is C18H14ClN3O5S3. The third-order valence-corrected chi connectivity index (χ3v) is 6.05.